The minimum Gasteiger partial charge on any atom is -0.212 e. The van der Waals surface area contributed by atoms with Crippen LogP contribution in [0.5, 0.6) is 0 Å². The van der Waals surface area contributed by atoms with E-state index >= 15 is 0 Å². The SMILES string of the molecule is CCCS(=O)(=O)N(C)C1CCC1. The summed E-state index contributed by atoms with van der Waals surface area (Å²) in [6.07, 6.45) is 3.97. The molecule has 0 unspecified atom stereocenters. The molecule has 0 aromatic carbocycles. The van der Waals surface area contributed by atoms with Crippen molar-refractivity contribution in [3.63, 3.8) is 0 Å². The van der Waals surface area contributed by atoms with Gasteiger partial charge in [0.1, 0.15) is 0 Å². The van der Waals surface area contributed by atoms with Crippen LogP contribution in [0.15, 0.2) is 0 Å². The molecule has 0 radical (unpaired) electrons. The Morgan fingerprint density at radius 2 is 2.00 bits per heavy atom. The van der Waals surface area contributed by atoms with Gasteiger partial charge in [0.2, 0.25) is 10.0 Å². The standard InChI is InChI=1S/C8H17NO2S/c1-3-7-12(10,11)9(2)8-5-4-6-8/h8H,3-7H2,1-2H3. The maximum Gasteiger partial charge on any atom is 0.214 e. The molecule has 12 heavy (non-hydrogen) atoms. The molecule has 1 aliphatic rings. The van der Waals surface area contributed by atoms with Gasteiger partial charge >= 0.3 is 0 Å². The normalized spacial score (nSPS) is 19.6. The molecular formula is C8H17NO2S. The van der Waals surface area contributed by atoms with E-state index in [0.717, 1.165) is 12.8 Å². The molecule has 0 amide bonds. The zero-order chi connectivity index (χ0) is 9.19. The summed E-state index contributed by atoms with van der Waals surface area (Å²) in [5.74, 6) is 0.292. The van der Waals surface area contributed by atoms with Crippen LogP contribution >= 0.6 is 0 Å². The summed E-state index contributed by atoms with van der Waals surface area (Å²) in [5.41, 5.74) is 0. The molecular weight excluding hydrogens is 174 g/mol. The Labute approximate surface area is 74.8 Å². The van der Waals surface area contributed by atoms with Gasteiger partial charge in [0.25, 0.3) is 0 Å². The highest BCUT2D eigenvalue weighted by molar-refractivity contribution is 7.89. The Balaban J connectivity index is 2.54. The maximum atomic E-state index is 11.5. The number of sulfonamides is 1. The van der Waals surface area contributed by atoms with Gasteiger partial charge in [0, 0.05) is 13.1 Å². The second kappa shape index (κ2) is 3.75. The lowest BCUT2D eigenvalue weighted by Crippen LogP contribution is -2.42. The molecule has 4 heteroatoms. The molecule has 1 aliphatic carbocycles. The molecule has 3 nitrogen and oxygen atoms in total. The van der Waals surface area contributed by atoms with Crippen molar-refractivity contribution < 1.29 is 8.42 Å². The van der Waals surface area contributed by atoms with Crippen LogP contribution in [-0.2, 0) is 10.0 Å². The van der Waals surface area contributed by atoms with Crippen molar-refractivity contribution >= 4 is 10.0 Å². The van der Waals surface area contributed by atoms with Crippen LogP contribution in [0.1, 0.15) is 32.6 Å². The zero-order valence-electron chi connectivity index (χ0n) is 7.78. The van der Waals surface area contributed by atoms with E-state index in [1.807, 2.05) is 6.92 Å². The summed E-state index contributed by atoms with van der Waals surface area (Å²) in [7, 11) is -1.23. The molecule has 0 bridgehead atoms. The minimum atomic E-state index is -2.94. The second-order valence-corrected chi connectivity index (χ2v) is 5.56. The first-order chi connectivity index (χ1) is 5.58. The summed E-state index contributed by atoms with van der Waals surface area (Å²) in [5, 5.41) is 0. The third-order valence-electron chi connectivity index (χ3n) is 2.49. The van der Waals surface area contributed by atoms with E-state index in [9.17, 15) is 8.42 Å². The second-order valence-electron chi connectivity index (χ2n) is 3.42. The van der Waals surface area contributed by atoms with Crippen molar-refractivity contribution in [3.8, 4) is 0 Å². The van der Waals surface area contributed by atoms with Crippen molar-refractivity contribution in [2.45, 2.75) is 38.6 Å². The fraction of sp³-hybridized carbons (Fsp3) is 1.00. The third-order valence-corrected chi connectivity index (χ3v) is 4.59. The van der Waals surface area contributed by atoms with Gasteiger partial charge in [0.05, 0.1) is 5.75 Å². The van der Waals surface area contributed by atoms with E-state index in [0.29, 0.717) is 18.2 Å². The number of nitrogens with zero attached hydrogens (tertiary/aromatic N) is 1. The first-order valence-corrected chi connectivity index (χ1v) is 6.14. The van der Waals surface area contributed by atoms with Crippen molar-refractivity contribution in [2.75, 3.05) is 12.8 Å². The molecule has 0 spiro atoms. The Kier molecular flexibility index (Phi) is 3.12. The Hall–Kier alpha value is -0.0900. The predicted molar refractivity (Wildman–Crippen MR) is 49.5 cm³/mol. The predicted octanol–water partition coefficient (Wildman–Crippen LogP) is 1.21. The Morgan fingerprint density at radius 1 is 1.42 bits per heavy atom. The highest BCUT2D eigenvalue weighted by Crippen LogP contribution is 2.25. The van der Waals surface area contributed by atoms with Crippen LogP contribution in [0.2, 0.25) is 0 Å². The fourth-order valence-electron chi connectivity index (χ4n) is 1.38. The van der Waals surface area contributed by atoms with Gasteiger partial charge in [-0.1, -0.05) is 13.3 Å². The molecule has 72 valence electrons. The van der Waals surface area contributed by atoms with Crippen molar-refractivity contribution in [1.82, 2.24) is 4.31 Å². The van der Waals surface area contributed by atoms with Crippen LogP contribution in [0.3, 0.4) is 0 Å². The van der Waals surface area contributed by atoms with Crippen LogP contribution in [0.25, 0.3) is 0 Å². The van der Waals surface area contributed by atoms with Crippen LogP contribution in [-0.4, -0.2) is 31.6 Å². The lowest BCUT2D eigenvalue weighted by atomic mass is 9.94. The smallest absolute Gasteiger partial charge is 0.212 e. The molecule has 1 saturated carbocycles. The van der Waals surface area contributed by atoms with E-state index in [2.05, 4.69) is 0 Å². The van der Waals surface area contributed by atoms with Gasteiger partial charge in [-0.2, -0.15) is 0 Å². The van der Waals surface area contributed by atoms with Crippen LogP contribution in [0, 0.1) is 0 Å². The van der Waals surface area contributed by atoms with E-state index < -0.39 is 10.0 Å². The van der Waals surface area contributed by atoms with Gasteiger partial charge in [-0.15, -0.1) is 0 Å². The lowest BCUT2D eigenvalue weighted by molar-refractivity contribution is 0.249. The quantitative estimate of drug-likeness (QED) is 0.670. The van der Waals surface area contributed by atoms with Gasteiger partial charge in [-0.3, -0.25) is 0 Å². The molecule has 0 saturated heterocycles. The summed E-state index contributed by atoms with van der Waals surface area (Å²) in [6, 6.07) is 0.293. The summed E-state index contributed by atoms with van der Waals surface area (Å²) >= 11 is 0. The van der Waals surface area contributed by atoms with E-state index in [4.69, 9.17) is 0 Å². The molecule has 1 fully saturated rings. The van der Waals surface area contributed by atoms with Crippen molar-refractivity contribution in [3.05, 3.63) is 0 Å². The van der Waals surface area contributed by atoms with Crippen molar-refractivity contribution in [1.29, 1.82) is 0 Å². The van der Waals surface area contributed by atoms with Crippen LogP contribution < -0.4 is 0 Å². The van der Waals surface area contributed by atoms with Crippen LogP contribution in [0.4, 0.5) is 0 Å². The molecule has 0 aliphatic heterocycles. The summed E-state index contributed by atoms with van der Waals surface area (Å²) in [4.78, 5) is 0. The molecule has 0 atom stereocenters. The first-order valence-electron chi connectivity index (χ1n) is 4.53. The van der Waals surface area contributed by atoms with E-state index in [-0.39, 0.29) is 0 Å². The average molecular weight is 191 g/mol. The molecule has 0 aromatic heterocycles. The summed E-state index contributed by atoms with van der Waals surface area (Å²) in [6.45, 7) is 1.90. The lowest BCUT2D eigenvalue weighted by Gasteiger charge is -2.33. The summed E-state index contributed by atoms with van der Waals surface area (Å²) < 4.78 is 24.5. The zero-order valence-corrected chi connectivity index (χ0v) is 8.60. The van der Waals surface area contributed by atoms with E-state index in [1.165, 1.54) is 6.42 Å². The topological polar surface area (TPSA) is 37.4 Å². The molecule has 0 N–H and O–H groups in total. The number of hydrogen-bond donors (Lipinski definition) is 0. The maximum absolute atomic E-state index is 11.5. The number of rotatable bonds is 4. The van der Waals surface area contributed by atoms with Gasteiger partial charge in [-0.25, -0.2) is 12.7 Å². The molecule has 0 heterocycles. The van der Waals surface area contributed by atoms with Gasteiger partial charge in [0.15, 0.2) is 0 Å². The first kappa shape index (κ1) is 9.99. The van der Waals surface area contributed by atoms with Gasteiger partial charge in [-0.05, 0) is 19.3 Å². The number of hydrogen-bond acceptors (Lipinski definition) is 2. The largest absolute Gasteiger partial charge is 0.214 e. The Morgan fingerprint density at radius 3 is 2.33 bits per heavy atom. The van der Waals surface area contributed by atoms with E-state index in [1.54, 1.807) is 11.4 Å². The Bertz CT molecular complexity index is 231. The third kappa shape index (κ3) is 1.98. The highest BCUT2D eigenvalue weighted by Gasteiger charge is 2.29. The van der Waals surface area contributed by atoms with Crippen molar-refractivity contribution in [2.24, 2.45) is 0 Å². The molecule has 0 aromatic rings. The van der Waals surface area contributed by atoms with Gasteiger partial charge < -0.3 is 0 Å². The fourth-order valence-corrected chi connectivity index (χ4v) is 2.85. The highest BCUT2D eigenvalue weighted by atomic mass is 32.2. The average Bonchev–Trinajstić information content (AvgIpc) is 1.83. The monoisotopic (exact) mass is 191 g/mol. The minimum absolute atomic E-state index is 0.292. The molecule has 1 rings (SSSR count).